The number of ether oxygens (including phenoxy) is 2. The number of oxazole rings is 1. The van der Waals surface area contributed by atoms with Gasteiger partial charge in [-0.2, -0.15) is 0 Å². The van der Waals surface area contributed by atoms with Crippen LogP contribution in [-0.2, 0) is 16.1 Å². The number of hydrogen-bond donors (Lipinski definition) is 0. The van der Waals surface area contributed by atoms with E-state index in [4.69, 9.17) is 18.9 Å². The lowest BCUT2D eigenvalue weighted by molar-refractivity contribution is -0.128. The molecule has 2 saturated heterocycles. The molecule has 0 spiro atoms. The monoisotopic (exact) mass is 544 g/mol. The van der Waals surface area contributed by atoms with Crippen molar-refractivity contribution in [1.29, 1.82) is 0 Å². The predicted octanol–water partition coefficient (Wildman–Crippen LogP) is 6.79. The van der Waals surface area contributed by atoms with Crippen molar-refractivity contribution < 1.29 is 18.7 Å². The Morgan fingerprint density at radius 3 is 2.59 bits per heavy atom. The molecular weight excluding hydrogens is 512 g/mol. The number of aromatic nitrogens is 3. The summed E-state index contributed by atoms with van der Waals surface area (Å²) in [5.74, 6) is 2.84. The molecule has 0 bridgehead atoms. The Balaban J connectivity index is 1.26. The Hall–Kier alpha value is -3.56. The molecule has 2 fully saturated rings. The van der Waals surface area contributed by atoms with E-state index in [9.17, 15) is 4.79 Å². The van der Waals surface area contributed by atoms with Gasteiger partial charge in [-0.15, -0.1) is 10.2 Å². The fourth-order valence-corrected chi connectivity index (χ4v) is 5.82. The summed E-state index contributed by atoms with van der Waals surface area (Å²) in [6, 6.07) is 13.9. The molecule has 0 aliphatic carbocycles. The van der Waals surface area contributed by atoms with Crippen LogP contribution in [0, 0.1) is 0 Å². The number of carbonyl (C=O) groups is 1. The minimum Gasteiger partial charge on any atom is -0.457 e. The predicted molar refractivity (Wildman–Crippen MR) is 149 cm³/mol. The van der Waals surface area contributed by atoms with Gasteiger partial charge < -0.3 is 18.8 Å². The van der Waals surface area contributed by atoms with Crippen LogP contribution in [0.25, 0.3) is 22.0 Å². The van der Waals surface area contributed by atoms with Gasteiger partial charge in [0.05, 0.1) is 5.69 Å². The standard InChI is InChI=1S/C30H32N4O4S/c1-19(2)29-32-33-30(39-29)21-7-9-24(10-8-21)38-26-16-22(5-6-23(26)17-34-13-3-4-27(34)35)28-31-25(18-37-28)20-11-14-36-15-12-20/h5-10,16,18-20H,3-4,11-15,17H2,1-2H3. The normalized spacial score (nSPS) is 16.4. The van der Waals surface area contributed by atoms with Gasteiger partial charge in [0.1, 0.15) is 27.8 Å². The molecule has 0 unspecified atom stereocenters. The Bertz CT molecular complexity index is 1440. The molecule has 0 radical (unpaired) electrons. The van der Waals surface area contributed by atoms with Crippen LogP contribution < -0.4 is 4.74 Å². The van der Waals surface area contributed by atoms with E-state index in [-0.39, 0.29) is 5.91 Å². The largest absolute Gasteiger partial charge is 0.457 e. The molecular formula is C30H32N4O4S. The van der Waals surface area contributed by atoms with E-state index in [1.165, 1.54) is 0 Å². The third-order valence-corrected chi connectivity index (χ3v) is 8.54. The summed E-state index contributed by atoms with van der Waals surface area (Å²) < 4.78 is 17.8. The minimum absolute atomic E-state index is 0.181. The quantitative estimate of drug-likeness (QED) is 0.241. The van der Waals surface area contributed by atoms with Crippen LogP contribution in [-0.4, -0.2) is 45.7 Å². The first kappa shape index (κ1) is 25.7. The van der Waals surface area contributed by atoms with Gasteiger partial charge in [-0.25, -0.2) is 4.98 Å². The number of rotatable bonds is 8. The van der Waals surface area contributed by atoms with Crippen LogP contribution in [0.2, 0.25) is 0 Å². The summed E-state index contributed by atoms with van der Waals surface area (Å²) >= 11 is 1.61. The number of likely N-dealkylation sites (tertiary alicyclic amines) is 1. The minimum atomic E-state index is 0.181. The van der Waals surface area contributed by atoms with Crippen LogP contribution in [0.5, 0.6) is 11.5 Å². The van der Waals surface area contributed by atoms with Crippen LogP contribution >= 0.6 is 11.3 Å². The van der Waals surface area contributed by atoms with Crippen molar-refractivity contribution in [3.05, 3.63) is 65.0 Å². The molecule has 4 heterocycles. The maximum atomic E-state index is 12.3. The van der Waals surface area contributed by atoms with Gasteiger partial charge in [0, 0.05) is 61.3 Å². The van der Waals surface area contributed by atoms with Crippen molar-refractivity contribution in [3.63, 3.8) is 0 Å². The molecule has 2 aliphatic heterocycles. The highest BCUT2D eigenvalue weighted by molar-refractivity contribution is 7.14. The van der Waals surface area contributed by atoms with E-state index in [1.807, 2.05) is 47.4 Å². The molecule has 0 N–H and O–H groups in total. The first-order valence-electron chi connectivity index (χ1n) is 13.6. The molecule has 2 aromatic heterocycles. The lowest BCUT2D eigenvalue weighted by Gasteiger charge is -2.19. The molecule has 202 valence electrons. The SMILES string of the molecule is CC(C)c1nnc(-c2ccc(Oc3cc(-c4nc(C5CCOCC5)co4)ccc3CN3CCCC3=O)cc2)s1. The molecule has 39 heavy (non-hydrogen) atoms. The van der Waals surface area contributed by atoms with Gasteiger partial charge in [0.25, 0.3) is 0 Å². The Kier molecular flexibility index (Phi) is 7.43. The lowest BCUT2D eigenvalue weighted by Crippen LogP contribution is -2.24. The highest BCUT2D eigenvalue weighted by Gasteiger charge is 2.23. The lowest BCUT2D eigenvalue weighted by atomic mass is 9.97. The molecule has 9 heteroatoms. The summed E-state index contributed by atoms with van der Waals surface area (Å²) in [6.07, 6.45) is 5.17. The molecule has 0 saturated carbocycles. The number of carbonyl (C=O) groups excluding carboxylic acids is 1. The second-order valence-electron chi connectivity index (χ2n) is 10.4. The second-order valence-corrected chi connectivity index (χ2v) is 11.4. The first-order valence-corrected chi connectivity index (χ1v) is 14.4. The van der Waals surface area contributed by atoms with Crippen molar-refractivity contribution in [2.75, 3.05) is 19.8 Å². The summed E-state index contributed by atoms with van der Waals surface area (Å²) in [7, 11) is 0. The molecule has 2 aliphatic rings. The number of amides is 1. The zero-order valence-electron chi connectivity index (χ0n) is 22.3. The van der Waals surface area contributed by atoms with E-state index < -0.39 is 0 Å². The summed E-state index contributed by atoms with van der Waals surface area (Å²) in [5, 5.41) is 10.6. The Labute approximate surface area is 232 Å². The molecule has 2 aromatic carbocycles. The highest BCUT2D eigenvalue weighted by atomic mass is 32.1. The molecule has 8 nitrogen and oxygen atoms in total. The number of benzene rings is 2. The molecule has 4 aromatic rings. The van der Waals surface area contributed by atoms with E-state index >= 15 is 0 Å². The number of hydrogen-bond acceptors (Lipinski definition) is 8. The van der Waals surface area contributed by atoms with Crippen molar-refractivity contribution in [2.45, 2.75) is 57.9 Å². The van der Waals surface area contributed by atoms with Gasteiger partial charge >= 0.3 is 0 Å². The Morgan fingerprint density at radius 2 is 1.87 bits per heavy atom. The van der Waals surface area contributed by atoms with E-state index in [0.29, 0.717) is 42.2 Å². The third-order valence-electron chi connectivity index (χ3n) is 7.27. The maximum Gasteiger partial charge on any atom is 0.226 e. The van der Waals surface area contributed by atoms with Gasteiger partial charge in [-0.3, -0.25) is 4.79 Å². The second kappa shape index (κ2) is 11.3. The fourth-order valence-electron chi connectivity index (χ4n) is 4.97. The topological polar surface area (TPSA) is 90.6 Å². The zero-order valence-corrected chi connectivity index (χ0v) is 23.1. The van der Waals surface area contributed by atoms with Gasteiger partial charge in [0.2, 0.25) is 11.8 Å². The zero-order chi connectivity index (χ0) is 26.8. The van der Waals surface area contributed by atoms with Crippen LogP contribution in [0.4, 0.5) is 0 Å². The maximum absolute atomic E-state index is 12.3. The summed E-state index contributed by atoms with van der Waals surface area (Å²) in [6.45, 7) is 7.02. The van der Waals surface area contributed by atoms with Crippen LogP contribution in [0.1, 0.15) is 67.6 Å². The molecule has 0 atom stereocenters. The smallest absolute Gasteiger partial charge is 0.226 e. The van der Waals surface area contributed by atoms with Crippen molar-refractivity contribution in [1.82, 2.24) is 20.1 Å². The van der Waals surface area contributed by atoms with Gasteiger partial charge in [-0.1, -0.05) is 31.3 Å². The van der Waals surface area contributed by atoms with Crippen molar-refractivity contribution in [3.8, 4) is 33.5 Å². The Morgan fingerprint density at radius 1 is 1.08 bits per heavy atom. The van der Waals surface area contributed by atoms with Crippen molar-refractivity contribution in [2.24, 2.45) is 0 Å². The first-order chi connectivity index (χ1) is 19.0. The van der Waals surface area contributed by atoms with Crippen LogP contribution in [0.15, 0.2) is 53.1 Å². The van der Waals surface area contributed by atoms with Gasteiger partial charge in [0.15, 0.2) is 0 Å². The fraction of sp³-hybridized carbons (Fsp3) is 0.400. The van der Waals surface area contributed by atoms with E-state index in [0.717, 1.165) is 71.4 Å². The molecule has 6 rings (SSSR count). The average Bonchev–Trinajstić information content (AvgIpc) is 3.73. The van der Waals surface area contributed by atoms with Crippen molar-refractivity contribution >= 4 is 17.2 Å². The number of nitrogens with zero attached hydrogens (tertiary/aromatic N) is 4. The average molecular weight is 545 g/mol. The van der Waals surface area contributed by atoms with E-state index in [1.54, 1.807) is 17.6 Å². The highest BCUT2D eigenvalue weighted by Crippen LogP contribution is 2.35. The molecule has 1 amide bonds. The van der Waals surface area contributed by atoms with Gasteiger partial charge in [-0.05, 0) is 55.7 Å². The van der Waals surface area contributed by atoms with E-state index in [2.05, 4.69) is 24.0 Å². The van der Waals surface area contributed by atoms with Crippen LogP contribution in [0.3, 0.4) is 0 Å². The third kappa shape index (κ3) is 5.74. The summed E-state index contributed by atoms with van der Waals surface area (Å²) in [4.78, 5) is 19.0. The summed E-state index contributed by atoms with van der Waals surface area (Å²) in [5.41, 5.74) is 3.76.